The molecule has 0 saturated heterocycles. The fourth-order valence-corrected chi connectivity index (χ4v) is 1.18. The van der Waals surface area contributed by atoms with Gasteiger partial charge in [0.1, 0.15) is 5.76 Å². The average Bonchev–Trinajstić information content (AvgIpc) is 2.56. The maximum Gasteiger partial charge on any atom is 0.105 e. The van der Waals surface area contributed by atoms with Gasteiger partial charge in [-0.3, -0.25) is 0 Å². The van der Waals surface area contributed by atoms with Gasteiger partial charge in [-0.05, 0) is 25.6 Å². The van der Waals surface area contributed by atoms with Crippen LogP contribution in [0.4, 0.5) is 0 Å². The van der Waals surface area contributed by atoms with E-state index in [9.17, 15) is 0 Å². The molecule has 66 valence electrons. The van der Waals surface area contributed by atoms with Crippen molar-refractivity contribution in [2.24, 2.45) is 0 Å². The Morgan fingerprint density at radius 3 is 3.08 bits per heavy atom. The summed E-state index contributed by atoms with van der Waals surface area (Å²) in [4.78, 5) is 0. The van der Waals surface area contributed by atoms with E-state index >= 15 is 0 Å². The lowest BCUT2D eigenvalue weighted by molar-refractivity contribution is 0.460. The van der Waals surface area contributed by atoms with Crippen molar-refractivity contribution in [3.05, 3.63) is 36.8 Å². The van der Waals surface area contributed by atoms with E-state index in [1.54, 1.807) is 6.26 Å². The van der Waals surface area contributed by atoms with Crippen molar-refractivity contribution >= 4 is 0 Å². The van der Waals surface area contributed by atoms with E-state index in [4.69, 9.17) is 4.42 Å². The lowest BCUT2D eigenvalue weighted by Gasteiger charge is -2.11. The van der Waals surface area contributed by atoms with Crippen molar-refractivity contribution in [1.82, 2.24) is 5.32 Å². The van der Waals surface area contributed by atoms with Gasteiger partial charge in [0, 0.05) is 12.5 Å². The molecular formula is C10H15NO. The standard InChI is InChI=1S/C10H15NO/c1-3-5-9(11-2)8-10-6-4-7-12-10/h3-4,6-7,9,11H,1,5,8H2,2H3. The highest BCUT2D eigenvalue weighted by Gasteiger charge is 2.06. The first-order chi connectivity index (χ1) is 5.86. The molecule has 1 aromatic rings. The molecule has 0 saturated carbocycles. The van der Waals surface area contributed by atoms with Crippen LogP contribution in [0, 0.1) is 0 Å². The molecule has 2 heteroatoms. The SMILES string of the molecule is C=CCC(Cc1ccco1)NC. The first-order valence-corrected chi connectivity index (χ1v) is 4.17. The average molecular weight is 165 g/mol. The number of rotatable bonds is 5. The van der Waals surface area contributed by atoms with E-state index in [0.717, 1.165) is 18.6 Å². The van der Waals surface area contributed by atoms with Crippen LogP contribution >= 0.6 is 0 Å². The molecule has 0 aliphatic heterocycles. The van der Waals surface area contributed by atoms with Crippen LogP contribution in [0.3, 0.4) is 0 Å². The van der Waals surface area contributed by atoms with Gasteiger partial charge >= 0.3 is 0 Å². The fraction of sp³-hybridized carbons (Fsp3) is 0.400. The van der Waals surface area contributed by atoms with Crippen LogP contribution in [0.25, 0.3) is 0 Å². The zero-order valence-corrected chi connectivity index (χ0v) is 7.42. The van der Waals surface area contributed by atoms with Crippen LogP contribution in [-0.2, 0) is 6.42 Å². The van der Waals surface area contributed by atoms with E-state index in [1.165, 1.54) is 0 Å². The van der Waals surface area contributed by atoms with Gasteiger partial charge in [-0.15, -0.1) is 6.58 Å². The van der Waals surface area contributed by atoms with Crippen LogP contribution < -0.4 is 5.32 Å². The lowest BCUT2D eigenvalue weighted by atomic mass is 10.1. The van der Waals surface area contributed by atoms with Crippen LogP contribution in [-0.4, -0.2) is 13.1 Å². The molecule has 2 nitrogen and oxygen atoms in total. The van der Waals surface area contributed by atoms with Gasteiger partial charge in [-0.2, -0.15) is 0 Å². The maximum atomic E-state index is 5.24. The molecule has 0 aliphatic rings. The second-order valence-corrected chi connectivity index (χ2v) is 2.79. The normalized spacial score (nSPS) is 12.8. The highest BCUT2D eigenvalue weighted by Crippen LogP contribution is 2.06. The minimum Gasteiger partial charge on any atom is -0.469 e. The summed E-state index contributed by atoms with van der Waals surface area (Å²) in [7, 11) is 1.96. The molecule has 1 rings (SSSR count). The van der Waals surface area contributed by atoms with Crippen LogP contribution in [0.5, 0.6) is 0 Å². The van der Waals surface area contributed by atoms with E-state index in [0.29, 0.717) is 6.04 Å². The van der Waals surface area contributed by atoms with Gasteiger partial charge in [0.2, 0.25) is 0 Å². The zero-order valence-electron chi connectivity index (χ0n) is 7.42. The topological polar surface area (TPSA) is 25.2 Å². The van der Waals surface area contributed by atoms with E-state index in [-0.39, 0.29) is 0 Å². The monoisotopic (exact) mass is 165 g/mol. The Bertz CT molecular complexity index is 216. The first-order valence-electron chi connectivity index (χ1n) is 4.17. The minimum atomic E-state index is 0.439. The molecule has 1 aromatic heterocycles. The largest absolute Gasteiger partial charge is 0.469 e. The fourth-order valence-electron chi connectivity index (χ4n) is 1.18. The zero-order chi connectivity index (χ0) is 8.81. The Hall–Kier alpha value is -1.02. The van der Waals surface area contributed by atoms with Crippen molar-refractivity contribution < 1.29 is 4.42 Å². The summed E-state index contributed by atoms with van der Waals surface area (Å²) in [6.07, 6.45) is 5.52. The number of hydrogen-bond acceptors (Lipinski definition) is 2. The molecule has 1 unspecified atom stereocenters. The van der Waals surface area contributed by atoms with Crippen molar-refractivity contribution in [3.8, 4) is 0 Å². The maximum absolute atomic E-state index is 5.24. The van der Waals surface area contributed by atoms with Crippen LogP contribution in [0.2, 0.25) is 0 Å². The van der Waals surface area contributed by atoms with Crippen molar-refractivity contribution in [2.45, 2.75) is 18.9 Å². The van der Waals surface area contributed by atoms with Gasteiger partial charge in [0.15, 0.2) is 0 Å². The lowest BCUT2D eigenvalue weighted by Crippen LogP contribution is -2.26. The summed E-state index contributed by atoms with van der Waals surface area (Å²) in [5.41, 5.74) is 0. The van der Waals surface area contributed by atoms with E-state index in [2.05, 4.69) is 11.9 Å². The predicted octanol–water partition coefficient (Wildman–Crippen LogP) is 1.99. The summed E-state index contributed by atoms with van der Waals surface area (Å²) in [6.45, 7) is 3.71. The molecule has 1 N–H and O–H groups in total. The number of nitrogens with one attached hydrogen (secondary N) is 1. The van der Waals surface area contributed by atoms with Crippen LogP contribution in [0.1, 0.15) is 12.2 Å². The predicted molar refractivity (Wildman–Crippen MR) is 50.1 cm³/mol. The van der Waals surface area contributed by atoms with Gasteiger partial charge < -0.3 is 9.73 Å². The van der Waals surface area contributed by atoms with Crippen molar-refractivity contribution in [1.29, 1.82) is 0 Å². The summed E-state index contributed by atoms with van der Waals surface area (Å²) >= 11 is 0. The quantitative estimate of drug-likeness (QED) is 0.675. The highest BCUT2D eigenvalue weighted by atomic mass is 16.3. The summed E-state index contributed by atoms with van der Waals surface area (Å²) < 4.78 is 5.24. The molecule has 12 heavy (non-hydrogen) atoms. The Kier molecular flexibility index (Phi) is 3.61. The third-order valence-corrected chi connectivity index (χ3v) is 1.89. The first kappa shape index (κ1) is 9.07. The smallest absolute Gasteiger partial charge is 0.105 e. The molecule has 0 fully saturated rings. The van der Waals surface area contributed by atoms with Gasteiger partial charge in [0.25, 0.3) is 0 Å². The Balaban J connectivity index is 2.42. The number of likely N-dealkylation sites (N-methyl/N-ethyl adjacent to an activating group) is 1. The summed E-state index contributed by atoms with van der Waals surface area (Å²) in [5, 5.41) is 3.21. The van der Waals surface area contributed by atoms with Crippen molar-refractivity contribution in [2.75, 3.05) is 7.05 Å². The highest BCUT2D eigenvalue weighted by molar-refractivity contribution is 5.01. The Morgan fingerprint density at radius 1 is 1.75 bits per heavy atom. The van der Waals surface area contributed by atoms with Gasteiger partial charge in [0.05, 0.1) is 6.26 Å². The summed E-state index contributed by atoms with van der Waals surface area (Å²) in [6, 6.07) is 4.34. The Morgan fingerprint density at radius 2 is 2.58 bits per heavy atom. The molecule has 0 spiro atoms. The molecule has 1 atom stereocenters. The molecular weight excluding hydrogens is 150 g/mol. The third-order valence-electron chi connectivity index (χ3n) is 1.89. The van der Waals surface area contributed by atoms with E-state index in [1.807, 2.05) is 25.3 Å². The molecule has 0 radical (unpaired) electrons. The Labute approximate surface area is 73.3 Å². The second kappa shape index (κ2) is 4.78. The molecule has 0 aliphatic carbocycles. The van der Waals surface area contributed by atoms with Crippen LogP contribution in [0.15, 0.2) is 35.5 Å². The van der Waals surface area contributed by atoms with Gasteiger partial charge in [-0.1, -0.05) is 6.08 Å². The van der Waals surface area contributed by atoms with E-state index < -0.39 is 0 Å². The third kappa shape index (κ3) is 2.55. The minimum absolute atomic E-state index is 0.439. The molecule has 1 heterocycles. The molecule has 0 amide bonds. The number of hydrogen-bond donors (Lipinski definition) is 1. The van der Waals surface area contributed by atoms with Crippen molar-refractivity contribution in [3.63, 3.8) is 0 Å². The summed E-state index contributed by atoms with van der Waals surface area (Å²) in [5.74, 6) is 1.02. The molecule has 0 aromatic carbocycles. The van der Waals surface area contributed by atoms with Gasteiger partial charge in [-0.25, -0.2) is 0 Å². The second-order valence-electron chi connectivity index (χ2n) is 2.79. The number of furan rings is 1. The molecule has 0 bridgehead atoms.